The topological polar surface area (TPSA) is 28.2 Å². The first-order valence-corrected chi connectivity index (χ1v) is 6.67. The summed E-state index contributed by atoms with van der Waals surface area (Å²) in [5.41, 5.74) is 1.23. The van der Waals surface area contributed by atoms with Gasteiger partial charge < -0.3 is 10.2 Å². The van der Waals surface area contributed by atoms with Crippen LogP contribution in [0.3, 0.4) is 0 Å². The highest BCUT2D eigenvalue weighted by Crippen LogP contribution is 2.20. The number of aryl methyl sites for hydroxylation is 1. The Kier molecular flexibility index (Phi) is 4.00. The van der Waals surface area contributed by atoms with Crippen molar-refractivity contribution >= 4 is 5.82 Å². The van der Waals surface area contributed by atoms with E-state index in [-0.39, 0.29) is 0 Å². The molecule has 0 amide bonds. The van der Waals surface area contributed by atoms with E-state index < -0.39 is 0 Å². The average molecular weight is 233 g/mol. The molecular formula is C14H23N3. The Balaban J connectivity index is 2.17. The fourth-order valence-corrected chi connectivity index (χ4v) is 2.41. The Hall–Kier alpha value is -1.09. The molecule has 1 N–H and O–H groups in total. The Bertz CT molecular complexity index is 347. The first-order valence-electron chi connectivity index (χ1n) is 6.67. The van der Waals surface area contributed by atoms with Gasteiger partial charge in [-0.05, 0) is 31.4 Å². The maximum Gasteiger partial charge on any atom is 0.128 e. The van der Waals surface area contributed by atoms with Crippen molar-refractivity contribution in [3.63, 3.8) is 0 Å². The van der Waals surface area contributed by atoms with Crippen molar-refractivity contribution in [3.05, 3.63) is 23.9 Å². The van der Waals surface area contributed by atoms with Gasteiger partial charge in [0.1, 0.15) is 5.82 Å². The number of aromatic nitrogens is 1. The van der Waals surface area contributed by atoms with Gasteiger partial charge in [0.25, 0.3) is 0 Å². The van der Waals surface area contributed by atoms with E-state index in [2.05, 4.69) is 48.1 Å². The van der Waals surface area contributed by atoms with E-state index in [1.807, 2.05) is 6.20 Å². The summed E-state index contributed by atoms with van der Waals surface area (Å²) in [5.74, 6) is 1.13. The first kappa shape index (κ1) is 12.4. The van der Waals surface area contributed by atoms with Gasteiger partial charge >= 0.3 is 0 Å². The van der Waals surface area contributed by atoms with Crippen molar-refractivity contribution < 1.29 is 0 Å². The molecule has 1 fully saturated rings. The second-order valence-corrected chi connectivity index (χ2v) is 4.92. The highest BCUT2D eigenvalue weighted by atomic mass is 15.3. The molecule has 2 atom stereocenters. The van der Waals surface area contributed by atoms with E-state index in [0.717, 1.165) is 18.9 Å². The van der Waals surface area contributed by atoms with E-state index in [0.29, 0.717) is 12.1 Å². The van der Waals surface area contributed by atoms with Crippen molar-refractivity contribution in [2.45, 2.75) is 45.7 Å². The Morgan fingerprint density at radius 3 is 2.76 bits per heavy atom. The number of hydrogen-bond acceptors (Lipinski definition) is 3. The number of pyridine rings is 1. The van der Waals surface area contributed by atoms with Crippen molar-refractivity contribution in [1.29, 1.82) is 0 Å². The number of hydrogen-bond donors (Lipinski definition) is 1. The van der Waals surface area contributed by atoms with Gasteiger partial charge in [0, 0.05) is 31.4 Å². The molecule has 1 aliphatic heterocycles. The minimum Gasteiger partial charge on any atom is -0.351 e. The lowest BCUT2D eigenvalue weighted by molar-refractivity contribution is 0.377. The van der Waals surface area contributed by atoms with Crippen LogP contribution in [0, 0.1) is 6.92 Å². The monoisotopic (exact) mass is 233 g/mol. The van der Waals surface area contributed by atoms with Gasteiger partial charge in [-0.2, -0.15) is 0 Å². The van der Waals surface area contributed by atoms with Gasteiger partial charge in [-0.15, -0.1) is 0 Å². The lowest BCUT2D eigenvalue weighted by Gasteiger charge is -2.40. The van der Waals surface area contributed by atoms with Gasteiger partial charge in [-0.3, -0.25) is 0 Å². The van der Waals surface area contributed by atoms with Crippen LogP contribution in [0.4, 0.5) is 5.82 Å². The minimum atomic E-state index is 0.577. The third-order valence-corrected chi connectivity index (χ3v) is 3.65. The van der Waals surface area contributed by atoms with Crippen molar-refractivity contribution in [2.24, 2.45) is 0 Å². The molecule has 0 radical (unpaired) electrons. The van der Waals surface area contributed by atoms with E-state index in [1.54, 1.807) is 0 Å². The molecule has 1 aliphatic rings. The summed E-state index contributed by atoms with van der Waals surface area (Å²) in [7, 11) is 0. The predicted octanol–water partition coefficient (Wildman–Crippen LogP) is 2.36. The molecule has 0 aliphatic carbocycles. The van der Waals surface area contributed by atoms with E-state index >= 15 is 0 Å². The van der Waals surface area contributed by atoms with Gasteiger partial charge in [0.15, 0.2) is 0 Å². The van der Waals surface area contributed by atoms with Crippen LogP contribution >= 0.6 is 0 Å². The zero-order valence-electron chi connectivity index (χ0n) is 11.1. The van der Waals surface area contributed by atoms with E-state index in [4.69, 9.17) is 0 Å². The fraction of sp³-hybridized carbons (Fsp3) is 0.643. The first-order chi connectivity index (χ1) is 8.24. The van der Waals surface area contributed by atoms with Crippen molar-refractivity contribution in [3.8, 4) is 0 Å². The molecule has 0 saturated carbocycles. The summed E-state index contributed by atoms with van der Waals surface area (Å²) in [6, 6.07) is 5.47. The van der Waals surface area contributed by atoms with Gasteiger partial charge in [-0.1, -0.05) is 19.9 Å². The summed E-state index contributed by atoms with van der Waals surface area (Å²) in [4.78, 5) is 7.03. The van der Waals surface area contributed by atoms with Crippen molar-refractivity contribution in [1.82, 2.24) is 10.3 Å². The number of piperazine rings is 1. The molecule has 17 heavy (non-hydrogen) atoms. The third-order valence-electron chi connectivity index (χ3n) is 3.65. The Morgan fingerprint density at radius 1 is 1.35 bits per heavy atom. The molecule has 3 heteroatoms. The summed E-state index contributed by atoms with van der Waals surface area (Å²) in [6.45, 7) is 8.72. The largest absolute Gasteiger partial charge is 0.351 e. The summed E-state index contributed by atoms with van der Waals surface area (Å²) in [6.07, 6.45) is 4.31. The predicted molar refractivity (Wildman–Crippen MR) is 72.5 cm³/mol. The van der Waals surface area contributed by atoms with E-state index in [9.17, 15) is 0 Å². The van der Waals surface area contributed by atoms with Gasteiger partial charge in [0.05, 0.1) is 0 Å². The second kappa shape index (κ2) is 5.50. The number of nitrogens with zero attached hydrogens (tertiary/aromatic N) is 2. The molecule has 2 heterocycles. The maximum absolute atomic E-state index is 4.57. The van der Waals surface area contributed by atoms with Crippen LogP contribution < -0.4 is 10.2 Å². The molecule has 94 valence electrons. The third kappa shape index (κ3) is 2.78. The maximum atomic E-state index is 4.57. The second-order valence-electron chi connectivity index (χ2n) is 4.92. The minimum absolute atomic E-state index is 0.577. The number of nitrogens with one attached hydrogen (secondary N) is 1. The lowest BCUT2D eigenvalue weighted by atomic mass is 10.1. The molecule has 1 saturated heterocycles. The molecule has 1 aromatic rings. The number of anilines is 1. The van der Waals surface area contributed by atoms with Crippen LogP contribution in [0.2, 0.25) is 0 Å². The Labute approximate surface area is 104 Å². The summed E-state index contributed by atoms with van der Waals surface area (Å²) in [5, 5.41) is 3.61. The zero-order valence-corrected chi connectivity index (χ0v) is 11.1. The molecule has 0 bridgehead atoms. The SMILES string of the molecule is CCC1CN(c2ccc(C)cn2)C(CC)CN1. The van der Waals surface area contributed by atoms with Crippen LogP contribution in [0.5, 0.6) is 0 Å². The van der Waals surface area contributed by atoms with Crippen molar-refractivity contribution in [2.75, 3.05) is 18.0 Å². The average Bonchev–Trinajstić information content (AvgIpc) is 2.39. The van der Waals surface area contributed by atoms with Crippen LogP contribution in [-0.2, 0) is 0 Å². The van der Waals surface area contributed by atoms with Gasteiger partial charge in [0.2, 0.25) is 0 Å². The zero-order chi connectivity index (χ0) is 12.3. The van der Waals surface area contributed by atoms with Crippen LogP contribution in [-0.4, -0.2) is 30.2 Å². The lowest BCUT2D eigenvalue weighted by Crippen LogP contribution is -2.56. The standard InChI is InChI=1S/C14H23N3/c1-4-12-10-17(13(5-2)9-15-12)14-7-6-11(3)8-16-14/h6-8,12-13,15H,4-5,9-10H2,1-3H3. The highest BCUT2D eigenvalue weighted by molar-refractivity contribution is 5.41. The quantitative estimate of drug-likeness (QED) is 0.868. The summed E-state index contributed by atoms with van der Waals surface area (Å²) >= 11 is 0. The highest BCUT2D eigenvalue weighted by Gasteiger charge is 2.26. The molecule has 1 aromatic heterocycles. The van der Waals surface area contributed by atoms with Crippen LogP contribution in [0.1, 0.15) is 32.3 Å². The van der Waals surface area contributed by atoms with E-state index in [1.165, 1.54) is 18.4 Å². The molecule has 0 aromatic carbocycles. The molecule has 0 spiro atoms. The number of rotatable bonds is 3. The molecule has 2 unspecified atom stereocenters. The normalized spacial score (nSPS) is 25.0. The van der Waals surface area contributed by atoms with Gasteiger partial charge in [-0.25, -0.2) is 4.98 Å². The fourth-order valence-electron chi connectivity index (χ4n) is 2.41. The Morgan fingerprint density at radius 2 is 2.18 bits per heavy atom. The molecule has 3 nitrogen and oxygen atoms in total. The van der Waals surface area contributed by atoms with Crippen LogP contribution in [0.25, 0.3) is 0 Å². The smallest absolute Gasteiger partial charge is 0.128 e. The van der Waals surface area contributed by atoms with Crippen LogP contribution in [0.15, 0.2) is 18.3 Å². The molecular weight excluding hydrogens is 210 g/mol. The summed E-state index contributed by atoms with van der Waals surface area (Å²) < 4.78 is 0. The molecule has 2 rings (SSSR count).